The molecule has 10 heteroatoms. The number of non-ortho nitro benzene ring substituents is 1. The van der Waals surface area contributed by atoms with E-state index in [1.165, 1.54) is 23.5 Å². The molecule has 1 aliphatic heterocycles. The van der Waals surface area contributed by atoms with Gasteiger partial charge in [0.05, 0.1) is 33.4 Å². The topological polar surface area (TPSA) is 117 Å². The maximum absolute atomic E-state index is 14.0. The fourth-order valence-corrected chi connectivity index (χ4v) is 6.24. The summed E-state index contributed by atoms with van der Waals surface area (Å²) in [5.74, 6) is 0.842. The fourth-order valence-electron chi connectivity index (χ4n) is 5.24. The molecule has 0 saturated carbocycles. The number of hydrogen-bond acceptors (Lipinski definition) is 8. The van der Waals surface area contributed by atoms with Crippen molar-refractivity contribution in [2.75, 3.05) is 6.61 Å². The number of benzene rings is 2. The molecule has 0 saturated heterocycles. The number of nitro groups is 1. The van der Waals surface area contributed by atoms with E-state index >= 15 is 0 Å². The van der Waals surface area contributed by atoms with Crippen LogP contribution in [0.4, 0.5) is 5.69 Å². The van der Waals surface area contributed by atoms with E-state index in [9.17, 15) is 19.7 Å². The SMILES string of the molecule is CCCC1=C(C(=O)OCC)C(c2ccc(C(C)C)cc2)n2c(s/c(=C\c3ccc(-c4ccc([N+](=O)[O-])cc4C)o3)c2=O)=N1. The number of hydrogen-bond donors (Lipinski definition) is 0. The van der Waals surface area contributed by atoms with Crippen LogP contribution in [-0.4, -0.2) is 22.1 Å². The Morgan fingerprint density at radius 1 is 1.16 bits per heavy atom. The molecule has 4 aromatic rings. The summed E-state index contributed by atoms with van der Waals surface area (Å²) < 4.78 is 13.5. The lowest BCUT2D eigenvalue weighted by atomic mass is 9.92. The fraction of sp³-hybridized carbons (Fsp3) is 0.303. The minimum Gasteiger partial charge on any atom is -0.463 e. The maximum atomic E-state index is 14.0. The molecule has 2 aromatic carbocycles. The first-order valence-electron chi connectivity index (χ1n) is 14.3. The molecule has 0 aliphatic carbocycles. The summed E-state index contributed by atoms with van der Waals surface area (Å²) in [6, 6.07) is 15.4. The summed E-state index contributed by atoms with van der Waals surface area (Å²) in [6.45, 7) is 10.0. The highest BCUT2D eigenvalue weighted by Gasteiger charge is 2.34. The van der Waals surface area contributed by atoms with E-state index in [-0.39, 0.29) is 17.9 Å². The van der Waals surface area contributed by atoms with Crippen LogP contribution in [0.2, 0.25) is 0 Å². The van der Waals surface area contributed by atoms with E-state index in [1.54, 1.807) is 42.7 Å². The van der Waals surface area contributed by atoms with Gasteiger partial charge in [-0.2, -0.15) is 0 Å². The minimum absolute atomic E-state index is 0.00664. The van der Waals surface area contributed by atoms with Crippen molar-refractivity contribution in [1.82, 2.24) is 4.57 Å². The summed E-state index contributed by atoms with van der Waals surface area (Å²) in [5, 5.41) is 11.1. The number of nitrogens with zero attached hydrogens (tertiary/aromatic N) is 3. The predicted octanol–water partition coefficient (Wildman–Crippen LogP) is 6.18. The predicted molar refractivity (Wildman–Crippen MR) is 166 cm³/mol. The molecule has 9 nitrogen and oxygen atoms in total. The van der Waals surface area contributed by atoms with Gasteiger partial charge in [0.25, 0.3) is 11.2 Å². The van der Waals surface area contributed by atoms with E-state index in [0.29, 0.717) is 50.0 Å². The van der Waals surface area contributed by atoms with Gasteiger partial charge in [-0.3, -0.25) is 19.5 Å². The first-order chi connectivity index (χ1) is 20.6. The van der Waals surface area contributed by atoms with E-state index in [2.05, 4.69) is 13.8 Å². The monoisotopic (exact) mass is 599 g/mol. The molecule has 43 heavy (non-hydrogen) atoms. The molecule has 0 radical (unpaired) electrons. The number of nitro benzene ring substituents is 1. The van der Waals surface area contributed by atoms with Crippen molar-refractivity contribution >= 4 is 29.1 Å². The Bertz CT molecular complexity index is 1910. The number of allylic oxidation sites excluding steroid dienone is 1. The van der Waals surface area contributed by atoms with E-state index in [1.807, 2.05) is 31.2 Å². The Morgan fingerprint density at radius 2 is 1.91 bits per heavy atom. The van der Waals surface area contributed by atoms with Crippen LogP contribution in [0.3, 0.4) is 0 Å². The van der Waals surface area contributed by atoms with Gasteiger partial charge in [0.1, 0.15) is 11.5 Å². The number of esters is 1. The summed E-state index contributed by atoms with van der Waals surface area (Å²) in [7, 11) is 0. The molecular weight excluding hydrogens is 566 g/mol. The molecule has 3 heterocycles. The van der Waals surface area contributed by atoms with Gasteiger partial charge in [0.2, 0.25) is 0 Å². The molecule has 1 atom stereocenters. The molecular formula is C33H33N3O6S. The van der Waals surface area contributed by atoms with Crippen molar-refractivity contribution in [3.63, 3.8) is 0 Å². The Labute approximate surface area is 252 Å². The zero-order valence-electron chi connectivity index (χ0n) is 24.7. The molecule has 0 N–H and O–H groups in total. The van der Waals surface area contributed by atoms with Crippen LogP contribution in [0.1, 0.15) is 74.9 Å². The van der Waals surface area contributed by atoms with Crippen molar-refractivity contribution in [2.24, 2.45) is 4.99 Å². The number of rotatable bonds is 9. The van der Waals surface area contributed by atoms with Gasteiger partial charge in [-0.15, -0.1) is 0 Å². The van der Waals surface area contributed by atoms with Crippen LogP contribution in [0, 0.1) is 17.0 Å². The number of carbonyl (C=O) groups excluding carboxylic acids is 1. The molecule has 0 spiro atoms. The summed E-state index contributed by atoms with van der Waals surface area (Å²) in [6.07, 6.45) is 3.00. The molecule has 5 rings (SSSR count). The van der Waals surface area contributed by atoms with Crippen LogP contribution in [-0.2, 0) is 9.53 Å². The van der Waals surface area contributed by atoms with Crippen LogP contribution >= 0.6 is 11.3 Å². The average molecular weight is 600 g/mol. The van der Waals surface area contributed by atoms with Gasteiger partial charge in [0.15, 0.2) is 4.80 Å². The highest BCUT2D eigenvalue weighted by Crippen LogP contribution is 2.33. The summed E-state index contributed by atoms with van der Waals surface area (Å²) in [5.41, 5.74) is 4.11. The molecule has 1 unspecified atom stereocenters. The highest BCUT2D eigenvalue weighted by atomic mass is 32.1. The Hall–Kier alpha value is -4.57. The van der Waals surface area contributed by atoms with Crippen molar-refractivity contribution in [1.29, 1.82) is 0 Å². The first kappa shape index (κ1) is 29.9. The average Bonchev–Trinajstić information content (AvgIpc) is 3.56. The van der Waals surface area contributed by atoms with Gasteiger partial charge in [-0.25, -0.2) is 9.79 Å². The van der Waals surface area contributed by atoms with E-state index < -0.39 is 16.9 Å². The summed E-state index contributed by atoms with van der Waals surface area (Å²) in [4.78, 5) is 43.4. The number of fused-ring (bicyclic) bond motifs is 1. The third-order valence-corrected chi connectivity index (χ3v) is 8.38. The van der Waals surface area contributed by atoms with Crippen LogP contribution in [0.15, 0.2) is 80.1 Å². The molecule has 0 bridgehead atoms. The number of furan rings is 1. The molecule has 0 fully saturated rings. The van der Waals surface area contributed by atoms with Gasteiger partial charge in [-0.1, -0.05) is 62.8 Å². The standard InChI is InChI=1S/C33H33N3O6S/c1-6-8-26-29(32(38)41-7-2)30(22-11-9-21(10-12-22)19(3)4)35-31(37)28(43-33(35)34-26)18-24-14-16-27(42-24)25-15-13-23(36(39)40)17-20(25)5/h9-19,30H,6-8H2,1-5H3/b28-18-. The van der Waals surface area contributed by atoms with E-state index in [0.717, 1.165) is 23.1 Å². The minimum atomic E-state index is -0.685. The molecule has 0 amide bonds. The first-order valence-corrected chi connectivity index (χ1v) is 15.1. The number of aromatic nitrogens is 1. The number of thiazole rings is 1. The largest absolute Gasteiger partial charge is 0.463 e. The van der Waals surface area contributed by atoms with Gasteiger partial charge in [0, 0.05) is 23.8 Å². The van der Waals surface area contributed by atoms with Crippen molar-refractivity contribution in [3.05, 3.63) is 118 Å². The van der Waals surface area contributed by atoms with E-state index in [4.69, 9.17) is 14.1 Å². The Balaban J connectivity index is 1.64. The van der Waals surface area contributed by atoms with Gasteiger partial charge in [-0.05, 0) is 61.1 Å². The second-order valence-corrected chi connectivity index (χ2v) is 11.7. The zero-order valence-corrected chi connectivity index (χ0v) is 25.6. The lowest BCUT2D eigenvalue weighted by Gasteiger charge is -2.26. The van der Waals surface area contributed by atoms with Crippen LogP contribution < -0.4 is 14.9 Å². The molecule has 222 valence electrons. The Morgan fingerprint density at radius 3 is 2.53 bits per heavy atom. The Kier molecular flexibility index (Phi) is 8.59. The quantitative estimate of drug-likeness (QED) is 0.129. The maximum Gasteiger partial charge on any atom is 0.338 e. The lowest BCUT2D eigenvalue weighted by Crippen LogP contribution is -2.40. The smallest absolute Gasteiger partial charge is 0.338 e. The third-order valence-electron chi connectivity index (χ3n) is 7.40. The lowest BCUT2D eigenvalue weighted by molar-refractivity contribution is -0.384. The molecule has 1 aliphatic rings. The van der Waals surface area contributed by atoms with Crippen molar-refractivity contribution in [2.45, 2.75) is 59.4 Å². The van der Waals surface area contributed by atoms with Crippen LogP contribution in [0.5, 0.6) is 0 Å². The third kappa shape index (κ3) is 5.87. The van der Waals surface area contributed by atoms with Gasteiger partial charge >= 0.3 is 5.97 Å². The van der Waals surface area contributed by atoms with Crippen molar-refractivity contribution < 1.29 is 18.9 Å². The van der Waals surface area contributed by atoms with Gasteiger partial charge < -0.3 is 9.15 Å². The molecule has 2 aromatic heterocycles. The number of carbonyl (C=O) groups is 1. The highest BCUT2D eigenvalue weighted by molar-refractivity contribution is 7.07. The van der Waals surface area contributed by atoms with Crippen LogP contribution in [0.25, 0.3) is 17.4 Å². The second kappa shape index (κ2) is 12.3. The second-order valence-electron chi connectivity index (χ2n) is 10.7. The zero-order chi connectivity index (χ0) is 30.8. The van der Waals surface area contributed by atoms with Crippen molar-refractivity contribution in [3.8, 4) is 11.3 Å². The normalized spacial score (nSPS) is 15.0. The number of ether oxygens (including phenoxy) is 1. The summed E-state index contributed by atoms with van der Waals surface area (Å²) >= 11 is 1.24. The number of aryl methyl sites for hydroxylation is 1.